The van der Waals surface area contributed by atoms with E-state index < -0.39 is 0 Å². The Morgan fingerprint density at radius 1 is 1.18 bits per heavy atom. The minimum Gasteiger partial charge on any atom is -0.451 e. The number of carbonyl (C=O) groups is 2. The highest BCUT2D eigenvalue weighted by molar-refractivity contribution is 8.39. The quantitative estimate of drug-likeness (QED) is 0.564. The smallest absolute Gasteiger partial charge is 0.237 e. The molecule has 1 atom stereocenters. The second-order valence-corrected chi connectivity index (χ2v) is 8.95. The topological polar surface area (TPSA) is 71.7 Å². The molecule has 0 unspecified atom stereocenters. The Kier molecular flexibility index (Phi) is 5.28. The highest BCUT2D eigenvalue weighted by Crippen LogP contribution is 2.36. The number of fused-ring (bicyclic) bond motifs is 2. The lowest BCUT2D eigenvalue weighted by Crippen LogP contribution is -2.24. The number of furan rings is 1. The van der Waals surface area contributed by atoms with E-state index in [0.717, 1.165) is 21.2 Å². The number of rotatable bonds is 4. The van der Waals surface area contributed by atoms with Gasteiger partial charge >= 0.3 is 0 Å². The van der Waals surface area contributed by atoms with Crippen LogP contribution in [-0.2, 0) is 10.5 Å². The van der Waals surface area contributed by atoms with E-state index in [0.29, 0.717) is 11.3 Å². The molecule has 0 aliphatic carbocycles. The molecule has 0 saturated carbocycles. The maximum absolute atomic E-state index is 12.8. The second kappa shape index (κ2) is 7.85. The van der Waals surface area contributed by atoms with Crippen molar-refractivity contribution in [2.45, 2.75) is 24.9 Å². The Labute approximate surface area is 171 Å². The van der Waals surface area contributed by atoms with Crippen molar-refractivity contribution in [2.75, 3.05) is 5.32 Å². The number of carbonyl (C=O) groups excluding carboxylic acids is 2. The van der Waals surface area contributed by atoms with Crippen LogP contribution in [0.5, 0.6) is 0 Å². The number of aliphatic imine (C=N–C) groups is 1. The Morgan fingerprint density at radius 2 is 1.93 bits per heavy atom. The number of amides is 1. The molecule has 0 bridgehead atoms. The van der Waals surface area contributed by atoms with Gasteiger partial charge in [-0.3, -0.25) is 9.59 Å². The van der Waals surface area contributed by atoms with Crippen molar-refractivity contribution in [3.63, 3.8) is 0 Å². The van der Waals surface area contributed by atoms with E-state index in [-0.39, 0.29) is 22.7 Å². The summed E-state index contributed by atoms with van der Waals surface area (Å²) >= 11 is 3.05. The molecule has 3 aromatic rings. The lowest BCUT2D eigenvalue weighted by Gasteiger charge is -2.17. The van der Waals surface area contributed by atoms with E-state index in [1.807, 2.05) is 43.3 Å². The number of nitrogens with zero attached hydrogens (tertiary/aromatic N) is 1. The highest BCUT2D eigenvalue weighted by atomic mass is 32.2. The second-order valence-electron chi connectivity index (χ2n) is 6.40. The fourth-order valence-corrected chi connectivity index (χ4v) is 5.11. The third-order valence-corrected chi connectivity index (χ3v) is 6.66. The highest BCUT2D eigenvalue weighted by Gasteiger charge is 2.24. The van der Waals surface area contributed by atoms with Gasteiger partial charge in [-0.2, -0.15) is 0 Å². The minimum absolute atomic E-state index is 0.171. The molecule has 0 fully saturated rings. The monoisotopic (exact) mass is 410 g/mol. The van der Waals surface area contributed by atoms with Crippen LogP contribution < -0.4 is 5.32 Å². The number of hydrogen-bond donors (Lipinski definition) is 1. The van der Waals surface area contributed by atoms with Crippen LogP contribution >= 0.6 is 23.5 Å². The summed E-state index contributed by atoms with van der Waals surface area (Å²) in [5.41, 5.74) is 3.16. The van der Waals surface area contributed by atoms with E-state index >= 15 is 0 Å². The van der Waals surface area contributed by atoms with Crippen LogP contribution in [0.4, 0.5) is 11.4 Å². The molecule has 142 valence electrons. The van der Waals surface area contributed by atoms with E-state index in [2.05, 4.69) is 16.4 Å². The fraction of sp³-hybridized carbons (Fsp3) is 0.190. The van der Waals surface area contributed by atoms with Crippen molar-refractivity contribution < 1.29 is 14.0 Å². The Balaban J connectivity index is 1.53. The van der Waals surface area contributed by atoms with Crippen molar-refractivity contribution in [2.24, 2.45) is 4.99 Å². The molecular weight excluding hydrogens is 392 g/mol. The summed E-state index contributed by atoms with van der Waals surface area (Å²) in [5, 5.41) is 3.23. The van der Waals surface area contributed by atoms with Gasteiger partial charge in [0.2, 0.25) is 5.91 Å². The lowest BCUT2D eigenvalue weighted by atomic mass is 10.2. The third-order valence-electron chi connectivity index (χ3n) is 4.36. The molecule has 7 heteroatoms. The molecule has 28 heavy (non-hydrogen) atoms. The summed E-state index contributed by atoms with van der Waals surface area (Å²) in [6, 6.07) is 15.3. The summed E-state index contributed by atoms with van der Waals surface area (Å²) in [4.78, 5) is 29.4. The summed E-state index contributed by atoms with van der Waals surface area (Å²) in [6.07, 6.45) is 0. The molecule has 1 aromatic heterocycles. The molecule has 0 radical (unpaired) electrons. The Hall–Kier alpha value is -2.51. The number of para-hydroxylation sites is 2. The van der Waals surface area contributed by atoms with Crippen LogP contribution in [0.25, 0.3) is 11.0 Å². The first kappa shape index (κ1) is 18.8. The summed E-state index contributed by atoms with van der Waals surface area (Å²) in [5.74, 6) is 0.596. The minimum atomic E-state index is -0.370. The van der Waals surface area contributed by atoms with Crippen molar-refractivity contribution in [1.82, 2.24) is 0 Å². The summed E-state index contributed by atoms with van der Waals surface area (Å²) < 4.78 is 6.50. The summed E-state index contributed by atoms with van der Waals surface area (Å²) in [6.45, 7) is 3.26. The van der Waals surface area contributed by atoms with Crippen LogP contribution in [-0.4, -0.2) is 21.3 Å². The average Bonchev–Trinajstić information content (AvgIpc) is 3.07. The number of anilines is 1. The van der Waals surface area contributed by atoms with Gasteiger partial charge in [0.05, 0.1) is 16.6 Å². The predicted molar refractivity (Wildman–Crippen MR) is 117 cm³/mol. The first-order chi connectivity index (χ1) is 13.5. The molecule has 0 saturated heterocycles. The van der Waals surface area contributed by atoms with Crippen LogP contribution in [0.15, 0.2) is 57.9 Å². The van der Waals surface area contributed by atoms with Crippen molar-refractivity contribution >= 4 is 61.9 Å². The number of hydrogen-bond acceptors (Lipinski definition) is 6. The average molecular weight is 411 g/mol. The molecule has 1 aliphatic heterocycles. The van der Waals surface area contributed by atoms with Crippen LogP contribution in [0.3, 0.4) is 0 Å². The van der Waals surface area contributed by atoms with Gasteiger partial charge in [0.1, 0.15) is 9.96 Å². The zero-order chi connectivity index (χ0) is 19.7. The number of ketones is 1. The molecule has 0 spiro atoms. The Morgan fingerprint density at radius 3 is 2.75 bits per heavy atom. The first-order valence-electron chi connectivity index (χ1n) is 8.82. The maximum Gasteiger partial charge on any atom is 0.237 e. The normalized spacial score (nSPS) is 14.3. The van der Waals surface area contributed by atoms with Gasteiger partial charge in [0.15, 0.2) is 11.5 Å². The van der Waals surface area contributed by atoms with Crippen molar-refractivity contribution in [3.8, 4) is 0 Å². The zero-order valence-corrected chi connectivity index (χ0v) is 17.0. The molecule has 1 N–H and O–H groups in total. The SMILES string of the molecule is CC(=O)c1oc2ccccc2c1NC(=O)[C@H](C)SC1=Nc2ccccc2CS1. The number of Topliss-reactive ketones (excluding diaryl/α,β-unsaturated/α-hetero) is 1. The van der Waals surface area contributed by atoms with Gasteiger partial charge in [-0.05, 0) is 30.7 Å². The molecule has 4 rings (SSSR count). The van der Waals surface area contributed by atoms with Crippen molar-refractivity contribution in [3.05, 3.63) is 59.9 Å². The van der Waals surface area contributed by atoms with E-state index in [9.17, 15) is 9.59 Å². The standard InChI is InChI=1S/C21H18N2O3S2/c1-12(24)19-18(15-8-4-6-10-17(15)26-19)23-20(25)13(2)28-21-22-16-9-5-3-7-14(16)11-27-21/h3-10,13H,11H2,1-2H3,(H,23,25)/t13-/m0/s1. The van der Waals surface area contributed by atoms with E-state index in [4.69, 9.17) is 4.42 Å². The maximum atomic E-state index is 12.8. The number of thioether (sulfide) groups is 2. The zero-order valence-electron chi connectivity index (χ0n) is 15.4. The van der Waals surface area contributed by atoms with Crippen LogP contribution in [0.1, 0.15) is 30.0 Å². The predicted octanol–water partition coefficient (Wildman–Crippen LogP) is 5.63. The third kappa shape index (κ3) is 3.72. The molecule has 1 aliphatic rings. The van der Waals surface area contributed by atoms with Gasteiger partial charge in [-0.15, -0.1) is 0 Å². The molecular formula is C21H18N2O3S2. The molecule has 2 aromatic carbocycles. The van der Waals surface area contributed by atoms with Gasteiger partial charge < -0.3 is 9.73 Å². The summed E-state index contributed by atoms with van der Waals surface area (Å²) in [7, 11) is 0. The van der Waals surface area contributed by atoms with E-state index in [1.165, 1.54) is 24.2 Å². The molecule has 5 nitrogen and oxygen atoms in total. The molecule has 1 amide bonds. The van der Waals surface area contributed by atoms with Crippen LogP contribution in [0.2, 0.25) is 0 Å². The van der Waals surface area contributed by atoms with Gasteiger partial charge in [-0.25, -0.2) is 4.99 Å². The van der Waals surface area contributed by atoms with Gasteiger partial charge in [-0.1, -0.05) is 53.9 Å². The Bertz CT molecular complexity index is 1100. The first-order valence-corrected chi connectivity index (χ1v) is 10.7. The fourth-order valence-electron chi connectivity index (χ4n) is 2.92. The van der Waals surface area contributed by atoms with Crippen molar-refractivity contribution in [1.29, 1.82) is 0 Å². The van der Waals surface area contributed by atoms with Crippen LogP contribution in [0, 0.1) is 0 Å². The molecule has 2 heterocycles. The largest absolute Gasteiger partial charge is 0.451 e. The van der Waals surface area contributed by atoms with Gasteiger partial charge in [0.25, 0.3) is 0 Å². The number of nitrogens with one attached hydrogen (secondary N) is 1. The lowest BCUT2D eigenvalue weighted by molar-refractivity contribution is -0.115. The van der Waals surface area contributed by atoms with E-state index in [1.54, 1.807) is 17.8 Å². The number of benzene rings is 2. The van der Waals surface area contributed by atoms with Gasteiger partial charge in [0, 0.05) is 18.1 Å².